The normalized spacial score (nSPS) is 13.7. The second-order valence-electron chi connectivity index (χ2n) is 6.67. The van der Waals surface area contributed by atoms with Crippen molar-refractivity contribution in [3.8, 4) is 0 Å². The summed E-state index contributed by atoms with van der Waals surface area (Å²) in [4.78, 5) is 29.7. The summed E-state index contributed by atoms with van der Waals surface area (Å²) in [5.74, 6) is 0.202. The zero-order valence-corrected chi connectivity index (χ0v) is 14.1. The number of aromatic nitrogens is 2. The van der Waals surface area contributed by atoms with Crippen molar-refractivity contribution in [3.63, 3.8) is 0 Å². The summed E-state index contributed by atoms with van der Waals surface area (Å²) >= 11 is 0. The highest BCUT2D eigenvalue weighted by Crippen LogP contribution is 2.32. The molecule has 0 saturated heterocycles. The van der Waals surface area contributed by atoms with Crippen molar-refractivity contribution in [2.24, 2.45) is 5.92 Å². The van der Waals surface area contributed by atoms with Gasteiger partial charge in [-0.2, -0.15) is 0 Å². The molecule has 1 amide bonds. The molecule has 4 rings (SSSR count). The molecular weight excluding hydrogens is 333 g/mol. The topological polar surface area (TPSA) is 64.0 Å². The summed E-state index contributed by atoms with van der Waals surface area (Å²) in [5, 5.41) is 0.283. The van der Waals surface area contributed by atoms with Gasteiger partial charge in [0.15, 0.2) is 0 Å². The predicted molar refractivity (Wildman–Crippen MR) is 96.9 cm³/mol. The number of fused-ring (bicyclic) bond motifs is 1. The molecule has 6 heteroatoms. The molecule has 1 aliphatic carbocycles. The van der Waals surface area contributed by atoms with E-state index in [4.69, 9.17) is 0 Å². The third kappa shape index (κ3) is 3.49. The van der Waals surface area contributed by atoms with Crippen LogP contribution in [0.25, 0.3) is 10.9 Å². The van der Waals surface area contributed by atoms with Crippen LogP contribution < -0.4 is 11.0 Å². The number of benzene rings is 2. The van der Waals surface area contributed by atoms with E-state index in [1.54, 1.807) is 0 Å². The highest BCUT2D eigenvalue weighted by atomic mass is 19.1. The Hall–Kier alpha value is -3.02. The van der Waals surface area contributed by atoms with Gasteiger partial charge in [-0.15, -0.1) is 0 Å². The summed E-state index contributed by atoms with van der Waals surface area (Å²) in [6, 6.07) is 13.2. The van der Waals surface area contributed by atoms with E-state index in [2.05, 4.69) is 10.4 Å². The number of hydrogen-bond acceptors (Lipinski definition) is 3. The second-order valence-corrected chi connectivity index (χ2v) is 6.67. The van der Waals surface area contributed by atoms with E-state index in [1.807, 2.05) is 30.3 Å². The van der Waals surface area contributed by atoms with Crippen molar-refractivity contribution in [3.05, 3.63) is 76.1 Å². The monoisotopic (exact) mass is 351 g/mol. The van der Waals surface area contributed by atoms with E-state index in [-0.39, 0.29) is 23.3 Å². The van der Waals surface area contributed by atoms with E-state index < -0.39 is 5.82 Å². The van der Waals surface area contributed by atoms with Crippen LogP contribution >= 0.6 is 0 Å². The van der Waals surface area contributed by atoms with Crippen molar-refractivity contribution in [1.29, 1.82) is 0 Å². The first-order valence-electron chi connectivity index (χ1n) is 8.65. The van der Waals surface area contributed by atoms with Gasteiger partial charge >= 0.3 is 0 Å². The molecule has 1 N–H and O–H groups in total. The second kappa shape index (κ2) is 6.71. The molecule has 2 aromatic carbocycles. The Balaban J connectivity index is 1.69. The van der Waals surface area contributed by atoms with E-state index in [0.717, 1.165) is 18.4 Å². The number of halogens is 1. The Bertz CT molecular complexity index is 1030. The van der Waals surface area contributed by atoms with Gasteiger partial charge in [0, 0.05) is 12.5 Å². The minimum atomic E-state index is -0.437. The Kier molecular flexibility index (Phi) is 4.24. The molecule has 0 bridgehead atoms. The Morgan fingerprint density at radius 2 is 1.96 bits per heavy atom. The largest absolute Gasteiger partial charge is 0.280 e. The Labute approximate surface area is 149 Å². The lowest BCUT2D eigenvalue weighted by molar-refractivity contribution is -0.116. The first kappa shape index (κ1) is 16.4. The lowest BCUT2D eigenvalue weighted by Gasteiger charge is -2.14. The third-order valence-corrected chi connectivity index (χ3v) is 4.51. The highest BCUT2D eigenvalue weighted by Gasteiger charge is 2.25. The van der Waals surface area contributed by atoms with Crippen molar-refractivity contribution >= 4 is 16.8 Å². The first-order chi connectivity index (χ1) is 12.6. The van der Waals surface area contributed by atoms with Crippen LogP contribution in [0.1, 0.15) is 24.2 Å². The minimum Gasteiger partial charge on any atom is -0.273 e. The summed E-state index contributed by atoms with van der Waals surface area (Å²) in [5.41, 5.74) is 3.47. The molecule has 1 fully saturated rings. The van der Waals surface area contributed by atoms with Gasteiger partial charge in [-0.3, -0.25) is 15.0 Å². The molecule has 0 aliphatic heterocycles. The van der Waals surface area contributed by atoms with Crippen LogP contribution in [0.4, 0.5) is 4.39 Å². The van der Waals surface area contributed by atoms with Gasteiger partial charge in [-0.1, -0.05) is 30.3 Å². The van der Waals surface area contributed by atoms with E-state index >= 15 is 0 Å². The van der Waals surface area contributed by atoms with Crippen molar-refractivity contribution < 1.29 is 9.18 Å². The number of amides is 1. The Morgan fingerprint density at radius 3 is 2.69 bits per heavy atom. The number of carbonyl (C=O) groups is 1. The van der Waals surface area contributed by atoms with Crippen LogP contribution in [0.2, 0.25) is 0 Å². The van der Waals surface area contributed by atoms with Crippen LogP contribution in [-0.2, 0) is 17.6 Å². The molecule has 1 heterocycles. The zero-order chi connectivity index (χ0) is 18.1. The fraction of sp³-hybridized carbons (Fsp3) is 0.250. The van der Waals surface area contributed by atoms with Gasteiger partial charge in [0.2, 0.25) is 5.91 Å². The molecule has 1 saturated carbocycles. The van der Waals surface area contributed by atoms with Crippen LogP contribution in [-0.4, -0.2) is 15.6 Å². The number of nitrogens with one attached hydrogen (secondary N) is 1. The number of hydrogen-bond donors (Lipinski definition) is 1. The highest BCUT2D eigenvalue weighted by molar-refractivity contribution is 5.86. The molecule has 3 aromatic rings. The van der Waals surface area contributed by atoms with Gasteiger partial charge in [-0.25, -0.2) is 14.1 Å². The van der Waals surface area contributed by atoms with Crippen LogP contribution in [0.3, 0.4) is 0 Å². The van der Waals surface area contributed by atoms with Gasteiger partial charge in [-0.05, 0) is 36.5 Å². The molecule has 1 aromatic heterocycles. The fourth-order valence-corrected chi connectivity index (χ4v) is 2.98. The maximum Gasteiger partial charge on any atom is 0.280 e. The number of nitrogens with zero attached hydrogens (tertiary/aromatic N) is 2. The van der Waals surface area contributed by atoms with Crippen LogP contribution in [0, 0.1) is 11.7 Å². The van der Waals surface area contributed by atoms with E-state index in [1.165, 1.54) is 22.9 Å². The molecule has 26 heavy (non-hydrogen) atoms. The summed E-state index contributed by atoms with van der Waals surface area (Å²) in [6.45, 7) is 0. The van der Waals surface area contributed by atoms with Gasteiger partial charge < -0.3 is 0 Å². The van der Waals surface area contributed by atoms with Crippen LogP contribution in [0.5, 0.6) is 0 Å². The zero-order valence-electron chi connectivity index (χ0n) is 14.1. The third-order valence-electron chi connectivity index (χ3n) is 4.51. The molecule has 0 spiro atoms. The summed E-state index contributed by atoms with van der Waals surface area (Å²) in [7, 11) is 0. The molecule has 1 aliphatic rings. The van der Waals surface area contributed by atoms with Crippen molar-refractivity contribution in [2.75, 3.05) is 5.43 Å². The average molecular weight is 351 g/mol. The van der Waals surface area contributed by atoms with E-state index in [0.29, 0.717) is 23.7 Å². The van der Waals surface area contributed by atoms with Gasteiger partial charge in [0.05, 0.1) is 17.3 Å². The molecular formula is C20H18FN3O2. The van der Waals surface area contributed by atoms with Gasteiger partial charge in [0.1, 0.15) is 11.6 Å². The van der Waals surface area contributed by atoms with Crippen LogP contribution in [0.15, 0.2) is 53.3 Å². The standard InChI is InChI=1S/C20H18FN3O2/c21-15-8-9-16-17(12-15)22-18(10-14-6-7-14)24(20(16)26)23-19(25)11-13-4-2-1-3-5-13/h1-5,8-9,12,14H,6-7,10-11H2,(H,23,25). The van der Waals surface area contributed by atoms with Crippen molar-refractivity contribution in [2.45, 2.75) is 25.7 Å². The molecule has 0 atom stereocenters. The molecule has 0 unspecified atom stereocenters. The molecule has 132 valence electrons. The first-order valence-corrected chi connectivity index (χ1v) is 8.65. The lowest BCUT2D eigenvalue weighted by atomic mass is 10.1. The smallest absolute Gasteiger partial charge is 0.273 e. The maximum atomic E-state index is 13.5. The quantitative estimate of drug-likeness (QED) is 0.769. The predicted octanol–water partition coefficient (Wildman–Crippen LogP) is 2.80. The number of rotatable bonds is 5. The summed E-state index contributed by atoms with van der Waals surface area (Å²) in [6.07, 6.45) is 2.91. The average Bonchev–Trinajstić information content (AvgIpc) is 3.43. The lowest BCUT2D eigenvalue weighted by Crippen LogP contribution is -2.37. The number of carbonyl (C=O) groups excluding carboxylic acids is 1. The van der Waals surface area contributed by atoms with Crippen molar-refractivity contribution in [1.82, 2.24) is 9.66 Å². The minimum absolute atomic E-state index is 0.164. The maximum absolute atomic E-state index is 13.5. The molecule has 5 nitrogen and oxygen atoms in total. The SMILES string of the molecule is O=C(Cc1ccccc1)Nn1c(CC2CC2)nc2cc(F)ccc2c1=O. The van der Waals surface area contributed by atoms with Gasteiger partial charge in [0.25, 0.3) is 5.56 Å². The van der Waals surface area contributed by atoms with E-state index in [9.17, 15) is 14.0 Å². The fourth-order valence-electron chi connectivity index (χ4n) is 2.98. The Morgan fingerprint density at radius 1 is 1.19 bits per heavy atom. The molecule has 0 radical (unpaired) electrons. The summed E-state index contributed by atoms with van der Waals surface area (Å²) < 4.78 is 14.7.